The molecular formula is C46H32N4. The second kappa shape index (κ2) is 12.5. The van der Waals surface area contributed by atoms with Gasteiger partial charge in [-0.1, -0.05) is 146 Å². The zero-order valence-electron chi connectivity index (χ0n) is 27.2. The Morgan fingerprint density at radius 2 is 0.980 bits per heavy atom. The molecule has 1 aliphatic heterocycles. The highest BCUT2D eigenvalue weighted by Gasteiger charge is 2.26. The fraction of sp³-hybridized carbons (Fsp3) is 0.0435. The van der Waals surface area contributed by atoms with Crippen LogP contribution in [0, 0.1) is 11.3 Å². The minimum absolute atomic E-state index is 0.205. The van der Waals surface area contributed by atoms with Crippen LogP contribution in [0.15, 0.2) is 175 Å². The largest absolute Gasteiger partial charge is 0.350 e. The number of nitrogens with zero attached hydrogens (tertiary/aromatic N) is 2. The van der Waals surface area contributed by atoms with Gasteiger partial charge in [-0.2, -0.15) is 5.26 Å². The fourth-order valence-electron chi connectivity index (χ4n) is 7.22. The van der Waals surface area contributed by atoms with Crippen LogP contribution in [-0.2, 0) is 0 Å². The quantitative estimate of drug-likeness (QED) is 0.184. The molecule has 4 nitrogen and oxygen atoms in total. The molecule has 1 aliphatic rings. The smallest absolute Gasteiger partial charge is 0.131 e. The van der Waals surface area contributed by atoms with Crippen molar-refractivity contribution in [3.05, 3.63) is 192 Å². The van der Waals surface area contributed by atoms with E-state index < -0.39 is 0 Å². The van der Waals surface area contributed by atoms with Crippen molar-refractivity contribution in [2.75, 3.05) is 0 Å². The van der Waals surface area contributed by atoms with Crippen molar-refractivity contribution in [1.29, 1.82) is 5.26 Å². The summed E-state index contributed by atoms with van der Waals surface area (Å²) in [6, 6.07) is 61.8. The van der Waals surface area contributed by atoms with E-state index in [9.17, 15) is 5.26 Å². The lowest BCUT2D eigenvalue weighted by molar-refractivity contribution is 0.409. The van der Waals surface area contributed by atoms with Crippen LogP contribution in [0.2, 0.25) is 0 Å². The van der Waals surface area contributed by atoms with Gasteiger partial charge in [0, 0.05) is 5.56 Å². The summed E-state index contributed by atoms with van der Waals surface area (Å²) >= 11 is 0. The first-order valence-electron chi connectivity index (χ1n) is 16.9. The number of nitriles is 1. The van der Waals surface area contributed by atoms with Gasteiger partial charge < -0.3 is 5.32 Å². The molecule has 0 spiro atoms. The summed E-state index contributed by atoms with van der Waals surface area (Å²) in [4.78, 5) is 5.22. The number of benzene rings is 8. The molecule has 9 rings (SSSR count). The molecule has 0 aliphatic carbocycles. The van der Waals surface area contributed by atoms with Crippen molar-refractivity contribution in [2.45, 2.75) is 12.3 Å². The van der Waals surface area contributed by atoms with Gasteiger partial charge in [-0.3, -0.25) is 5.32 Å². The van der Waals surface area contributed by atoms with E-state index in [1.54, 1.807) is 0 Å². The van der Waals surface area contributed by atoms with Gasteiger partial charge in [0.25, 0.3) is 0 Å². The SMILES string of the molecule is N#Cc1ccc(C2NC(c3ccc(-c4ccc5c6ccccc6c6ccccc6c5c4)cc3)=NC(c3cccc(-c4ccccc4)c3)N2)cc1. The number of aliphatic imine (C=N–C) groups is 1. The predicted molar refractivity (Wildman–Crippen MR) is 206 cm³/mol. The Bertz CT molecular complexity index is 2560. The van der Waals surface area contributed by atoms with E-state index in [2.05, 4.69) is 156 Å². The highest BCUT2D eigenvalue weighted by Crippen LogP contribution is 2.37. The molecular weight excluding hydrogens is 609 g/mol. The lowest BCUT2D eigenvalue weighted by Crippen LogP contribution is -2.44. The minimum Gasteiger partial charge on any atom is -0.350 e. The number of nitrogens with one attached hydrogen (secondary N) is 2. The van der Waals surface area contributed by atoms with Crippen molar-refractivity contribution >= 4 is 38.2 Å². The summed E-state index contributed by atoms with van der Waals surface area (Å²) in [7, 11) is 0. The predicted octanol–water partition coefficient (Wildman–Crippen LogP) is 10.7. The Morgan fingerprint density at radius 1 is 0.440 bits per heavy atom. The molecule has 2 atom stereocenters. The topological polar surface area (TPSA) is 60.2 Å². The van der Waals surface area contributed by atoms with Crippen LogP contribution in [0.5, 0.6) is 0 Å². The molecule has 0 fully saturated rings. The van der Waals surface area contributed by atoms with E-state index in [-0.39, 0.29) is 12.3 Å². The highest BCUT2D eigenvalue weighted by molar-refractivity contribution is 6.25. The van der Waals surface area contributed by atoms with E-state index in [4.69, 9.17) is 4.99 Å². The van der Waals surface area contributed by atoms with E-state index in [1.165, 1.54) is 43.4 Å². The molecule has 0 aromatic heterocycles. The molecule has 1 heterocycles. The van der Waals surface area contributed by atoms with Gasteiger partial charge in [0.15, 0.2) is 0 Å². The molecule has 2 unspecified atom stereocenters. The average Bonchev–Trinajstić information content (AvgIpc) is 3.21. The number of hydrogen-bond donors (Lipinski definition) is 2. The van der Waals surface area contributed by atoms with Gasteiger partial charge in [0.2, 0.25) is 0 Å². The monoisotopic (exact) mass is 640 g/mol. The third-order valence-electron chi connectivity index (χ3n) is 9.78. The summed E-state index contributed by atoms with van der Waals surface area (Å²) in [5, 5.41) is 24.4. The van der Waals surface area contributed by atoms with Gasteiger partial charge >= 0.3 is 0 Å². The van der Waals surface area contributed by atoms with Gasteiger partial charge in [0.05, 0.1) is 11.6 Å². The third kappa shape index (κ3) is 5.37. The molecule has 4 heteroatoms. The maximum Gasteiger partial charge on any atom is 0.131 e. The molecule has 0 amide bonds. The summed E-state index contributed by atoms with van der Waals surface area (Å²) in [5.41, 5.74) is 8.40. The third-order valence-corrected chi connectivity index (χ3v) is 9.78. The fourth-order valence-corrected chi connectivity index (χ4v) is 7.22. The molecule has 8 aromatic carbocycles. The van der Waals surface area contributed by atoms with Crippen LogP contribution in [0.3, 0.4) is 0 Å². The zero-order chi connectivity index (χ0) is 33.4. The standard InChI is InChI=1S/C46H32N4/c47-29-30-17-19-33(20-18-30)44-48-45(50-46(49-44)37-12-8-11-35(27-37)31-9-2-1-3-10-31)34-23-21-32(22-24-34)36-25-26-42-40-15-5-4-13-38(40)39-14-6-7-16-41(39)43(42)28-36/h1-28,44,46,49H,(H,48,50). The van der Waals surface area contributed by atoms with Crippen LogP contribution < -0.4 is 10.6 Å². The van der Waals surface area contributed by atoms with E-state index in [0.717, 1.165) is 33.7 Å². The van der Waals surface area contributed by atoms with Crippen LogP contribution in [0.25, 0.3) is 54.6 Å². The average molecular weight is 641 g/mol. The highest BCUT2D eigenvalue weighted by atomic mass is 15.3. The maximum absolute atomic E-state index is 9.39. The number of fused-ring (bicyclic) bond motifs is 6. The molecule has 50 heavy (non-hydrogen) atoms. The Labute approximate surface area is 291 Å². The summed E-state index contributed by atoms with van der Waals surface area (Å²) in [6.45, 7) is 0. The maximum atomic E-state index is 9.39. The van der Waals surface area contributed by atoms with Crippen molar-refractivity contribution in [3.63, 3.8) is 0 Å². The number of hydrogen-bond acceptors (Lipinski definition) is 4. The van der Waals surface area contributed by atoms with Gasteiger partial charge in [-0.05, 0) is 90.0 Å². The molecule has 0 bridgehead atoms. The van der Waals surface area contributed by atoms with Crippen LogP contribution in [0.4, 0.5) is 0 Å². The van der Waals surface area contributed by atoms with E-state index in [1.807, 2.05) is 30.3 Å². The molecule has 2 N–H and O–H groups in total. The number of rotatable bonds is 5. The Kier molecular flexibility index (Phi) is 7.39. The van der Waals surface area contributed by atoms with Crippen molar-refractivity contribution < 1.29 is 0 Å². The van der Waals surface area contributed by atoms with Crippen LogP contribution in [0.1, 0.15) is 34.6 Å². The lowest BCUT2D eigenvalue weighted by Gasteiger charge is -2.32. The van der Waals surface area contributed by atoms with Crippen molar-refractivity contribution in [2.24, 2.45) is 4.99 Å². The summed E-state index contributed by atoms with van der Waals surface area (Å²) < 4.78 is 0. The van der Waals surface area contributed by atoms with Crippen molar-refractivity contribution in [1.82, 2.24) is 10.6 Å². The molecule has 0 radical (unpaired) electrons. The second-order valence-electron chi connectivity index (χ2n) is 12.8. The lowest BCUT2D eigenvalue weighted by atomic mass is 9.92. The summed E-state index contributed by atoms with van der Waals surface area (Å²) in [6.07, 6.45) is -0.484. The Balaban J connectivity index is 1.09. The summed E-state index contributed by atoms with van der Waals surface area (Å²) in [5.74, 6) is 0.816. The normalized spacial score (nSPS) is 15.8. The first kappa shape index (κ1) is 29.6. The Hall–Kier alpha value is -6.54. The zero-order valence-corrected chi connectivity index (χ0v) is 27.2. The van der Waals surface area contributed by atoms with Crippen LogP contribution >= 0.6 is 0 Å². The van der Waals surface area contributed by atoms with Gasteiger partial charge in [0.1, 0.15) is 18.2 Å². The van der Waals surface area contributed by atoms with Crippen LogP contribution in [-0.4, -0.2) is 5.84 Å². The van der Waals surface area contributed by atoms with Crippen molar-refractivity contribution in [3.8, 4) is 28.3 Å². The minimum atomic E-state index is -0.279. The molecule has 236 valence electrons. The molecule has 0 saturated carbocycles. The van der Waals surface area contributed by atoms with Gasteiger partial charge in [-0.25, -0.2) is 4.99 Å². The number of amidine groups is 1. The second-order valence-corrected chi connectivity index (χ2v) is 12.8. The molecule has 0 saturated heterocycles. The molecule has 8 aromatic rings. The van der Waals surface area contributed by atoms with E-state index in [0.29, 0.717) is 5.56 Å². The van der Waals surface area contributed by atoms with Gasteiger partial charge in [-0.15, -0.1) is 0 Å². The Morgan fingerprint density at radius 3 is 1.66 bits per heavy atom. The first-order chi connectivity index (χ1) is 24.7. The van der Waals surface area contributed by atoms with E-state index >= 15 is 0 Å². The first-order valence-corrected chi connectivity index (χ1v) is 16.9.